The third-order valence-electron chi connectivity index (χ3n) is 7.54. The summed E-state index contributed by atoms with van der Waals surface area (Å²) >= 11 is 0. The molecule has 13 N–H and O–H groups in total. The van der Waals surface area contributed by atoms with Gasteiger partial charge in [0.2, 0.25) is 0 Å². The first-order valence-corrected chi connectivity index (χ1v) is 15.2. The van der Waals surface area contributed by atoms with Crippen LogP contribution in [0.3, 0.4) is 0 Å². The highest BCUT2D eigenvalue weighted by Crippen LogP contribution is 2.39. The minimum absolute atomic E-state index is 0.271. The van der Waals surface area contributed by atoms with Crippen molar-refractivity contribution >= 4 is 30.2 Å². The Morgan fingerprint density at radius 2 is 0.679 bits per heavy atom. The van der Waals surface area contributed by atoms with Gasteiger partial charge in [0.25, 0.3) is 0 Å². The zero-order valence-corrected chi connectivity index (χ0v) is 27.7. The van der Waals surface area contributed by atoms with Crippen LogP contribution in [0.1, 0.15) is 41.4 Å². The smallest absolute Gasteiger partial charge is 0.339 e. The van der Waals surface area contributed by atoms with E-state index in [1.165, 1.54) is 0 Å². The van der Waals surface area contributed by atoms with Crippen molar-refractivity contribution in [3.8, 4) is 69.0 Å². The lowest BCUT2D eigenvalue weighted by molar-refractivity contribution is -0.142. The number of rotatable bonds is 13. The molecule has 22 nitrogen and oxygen atoms in total. The van der Waals surface area contributed by atoms with E-state index >= 15 is 0 Å². The number of benzene rings is 4. The van der Waals surface area contributed by atoms with Crippen LogP contribution in [-0.4, -0.2) is 128 Å². The van der Waals surface area contributed by atoms with Gasteiger partial charge in [-0.1, -0.05) is 0 Å². The number of aliphatic hydroxyl groups is 1. The van der Waals surface area contributed by atoms with E-state index in [9.17, 15) is 90.4 Å². The van der Waals surface area contributed by atoms with E-state index in [0.717, 1.165) is 0 Å². The van der Waals surface area contributed by atoms with Gasteiger partial charge in [-0.25, -0.2) is 19.2 Å². The second-order valence-electron chi connectivity index (χ2n) is 11.3. The molecule has 0 saturated carbocycles. The largest absolute Gasteiger partial charge is 0.504 e. The lowest BCUT2D eigenvalue weighted by atomic mass is 10.0. The molecule has 0 aromatic heterocycles. The van der Waals surface area contributed by atoms with Crippen LogP contribution in [-0.2, 0) is 23.7 Å². The molecule has 4 atom stereocenters. The fraction of sp³-hybridized carbons (Fsp3) is 0.147. The summed E-state index contributed by atoms with van der Waals surface area (Å²) in [5.74, 6) is -19.6. The van der Waals surface area contributed by atoms with Crippen LogP contribution in [0, 0.1) is 0 Å². The Morgan fingerprint density at radius 3 is 0.946 bits per heavy atom. The number of aldehydes is 1. The van der Waals surface area contributed by atoms with Crippen molar-refractivity contribution in [2.45, 2.75) is 24.4 Å². The summed E-state index contributed by atoms with van der Waals surface area (Å²) in [6.45, 7) is -1.46. The molecule has 4 aromatic carbocycles. The highest BCUT2D eigenvalue weighted by atomic mass is 16.6. The maximum absolute atomic E-state index is 13.5. The molecule has 0 bridgehead atoms. The zero-order valence-electron chi connectivity index (χ0n) is 27.7. The number of phenols is 12. The Kier molecular flexibility index (Phi) is 11.9. The number of hydrogen-bond donors (Lipinski definition) is 13. The second-order valence-corrected chi connectivity index (χ2v) is 11.3. The van der Waals surface area contributed by atoms with Crippen LogP contribution >= 0.6 is 0 Å². The first-order valence-electron chi connectivity index (χ1n) is 15.2. The Bertz CT molecular complexity index is 2120. The van der Waals surface area contributed by atoms with Gasteiger partial charge < -0.3 is 85.3 Å². The molecule has 0 aliphatic rings. The highest BCUT2D eigenvalue weighted by Gasteiger charge is 2.45. The summed E-state index contributed by atoms with van der Waals surface area (Å²) < 4.78 is 20.9. The van der Waals surface area contributed by atoms with Crippen molar-refractivity contribution in [2.75, 3.05) is 6.61 Å². The van der Waals surface area contributed by atoms with Crippen molar-refractivity contribution in [1.29, 1.82) is 0 Å². The number of hydrogen-bond acceptors (Lipinski definition) is 22. The summed E-state index contributed by atoms with van der Waals surface area (Å²) in [5, 5.41) is 129. The molecule has 0 spiro atoms. The van der Waals surface area contributed by atoms with Gasteiger partial charge >= 0.3 is 23.9 Å². The molecular formula is C34H28O22. The molecule has 0 aliphatic carbocycles. The Labute approximate surface area is 310 Å². The molecule has 0 fully saturated rings. The quantitative estimate of drug-likeness (QED) is 0.0380. The number of aromatic hydroxyl groups is 12. The van der Waals surface area contributed by atoms with Gasteiger partial charge in [-0.15, -0.1) is 0 Å². The third kappa shape index (κ3) is 8.61. The van der Waals surface area contributed by atoms with Crippen LogP contribution in [0.5, 0.6) is 69.0 Å². The lowest BCUT2D eigenvalue weighted by Crippen LogP contribution is -2.53. The maximum Gasteiger partial charge on any atom is 0.339 e. The van der Waals surface area contributed by atoms with Crippen molar-refractivity contribution in [1.82, 2.24) is 0 Å². The highest BCUT2D eigenvalue weighted by molar-refractivity contribution is 5.94. The molecule has 4 rings (SSSR count). The molecule has 0 amide bonds. The van der Waals surface area contributed by atoms with E-state index in [4.69, 9.17) is 18.9 Å². The van der Waals surface area contributed by atoms with Gasteiger partial charge in [0.15, 0.2) is 99.7 Å². The number of aliphatic hydroxyl groups excluding tert-OH is 1. The van der Waals surface area contributed by atoms with E-state index in [-0.39, 0.29) is 6.29 Å². The summed E-state index contributed by atoms with van der Waals surface area (Å²) in [6.07, 6.45) is -10.4. The summed E-state index contributed by atoms with van der Waals surface area (Å²) in [5.41, 5.74) is -3.15. The van der Waals surface area contributed by atoms with Crippen molar-refractivity contribution < 1.29 is 109 Å². The van der Waals surface area contributed by atoms with E-state index in [1.807, 2.05) is 0 Å². The first kappa shape index (κ1) is 40.8. The summed E-state index contributed by atoms with van der Waals surface area (Å²) in [6, 6.07) is 4.32. The average Bonchev–Trinajstić information content (AvgIpc) is 3.15. The predicted octanol–water partition coefficient (Wildman–Crippen LogP) is 0.547. The molecule has 0 heterocycles. The average molecular weight is 789 g/mol. The fourth-order valence-corrected chi connectivity index (χ4v) is 4.72. The normalized spacial score (nSPS) is 13.0. The van der Waals surface area contributed by atoms with Gasteiger partial charge in [-0.05, 0) is 48.5 Å². The number of ether oxygens (including phenoxy) is 4. The molecule has 22 heteroatoms. The molecule has 0 radical (unpaired) electrons. The van der Waals surface area contributed by atoms with E-state index in [1.54, 1.807) is 0 Å². The Morgan fingerprint density at radius 1 is 0.429 bits per heavy atom. The van der Waals surface area contributed by atoms with Crippen LogP contribution in [0.2, 0.25) is 0 Å². The number of carbonyl (C=O) groups excluding carboxylic acids is 5. The molecule has 4 unspecified atom stereocenters. The molecule has 0 aliphatic heterocycles. The zero-order chi connectivity index (χ0) is 41.8. The van der Waals surface area contributed by atoms with Gasteiger partial charge in [-0.3, -0.25) is 4.79 Å². The van der Waals surface area contributed by atoms with Crippen LogP contribution in [0.25, 0.3) is 0 Å². The van der Waals surface area contributed by atoms with Crippen molar-refractivity contribution in [3.63, 3.8) is 0 Å². The molecule has 56 heavy (non-hydrogen) atoms. The molecule has 296 valence electrons. The molecule has 0 saturated heterocycles. The maximum atomic E-state index is 13.5. The topological polar surface area (TPSA) is 385 Å². The van der Waals surface area contributed by atoms with E-state index < -0.39 is 146 Å². The van der Waals surface area contributed by atoms with E-state index in [0.29, 0.717) is 48.5 Å². The number of carbonyl (C=O) groups is 5. The first-order chi connectivity index (χ1) is 26.3. The predicted molar refractivity (Wildman–Crippen MR) is 176 cm³/mol. The van der Waals surface area contributed by atoms with Gasteiger partial charge in [0, 0.05) is 0 Å². The second kappa shape index (κ2) is 16.3. The van der Waals surface area contributed by atoms with Crippen molar-refractivity contribution in [2.24, 2.45) is 0 Å². The number of esters is 4. The Hall–Kier alpha value is -8.01. The van der Waals surface area contributed by atoms with E-state index in [2.05, 4.69) is 0 Å². The molecule has 4 aromatic rings. The van der Waals surface area contributed by atoms with Gasteiger partial charge in [0.05, 0.1) is 28.9 Å². The lowest BCUT2D eigenvalue weighted by Gasteiger charge is -2.34. The SMILES string of the molecule is O=CC(OC(=O)c1cc(O)c(O)c(O)c1)C(OC(=O)c1cc(O)c(O)c(O)c1)C(OC(=O)c1cc(O)c(O)c(O)c1)C(CO)OC(=O)c1cc(O)c(O)c(O)c1. The minimum Gasteiger partial charge on any atom is -0.504 e. The van der Waals surface area contributed by atoms with Crippen LogP contribution in [0.15, 0.2) is 48.5 Å². The summed E-state index contributed by atoms with van der Waals surface area (Å²) in [4.78, 5) is 65.9. The monoisotopic (exact) mass is 788 g/mol. The standard InChI is InChI=1S/C34H28O22/c35-9-23(53-31(49)11-1-15(37)25(45)16(38)2-11)29(55-33(51)13-5-19(41)27(47)20(42)6-13)30(56-34(52)14-7-21(43)28(48)22(44)8-14)24(10-36)54-32(50)12-3-17(39)26(46)18(40)4-12/h1-9,23-24,29-30,36-48H,10H2. The van der Waals surface area contributed by atoms with Gasteiger partial charge in [-0.2, -0.15) is 0 Å². The molecular weight excluding hydrogens is 760 g/mol. The van der Waals surface area contributed by atoms with Gasteiger partial charge in [0.1, 0.15) is 0 Å². The fourth-order valence-electron chi connectivity index (χ4n) is 4.72. The number of phenolic OH excluding ortho intramolecular Hbond substituents is 12. The van der Waals surface area contributed by atoms with Crippen molar-refractivity contribution in [3.05, 3.63) is 70.8 Å². The van der Waals surface area contributed by atoms with Crippen LogP contribution in [0.4, 0.5) is 0 Å². The summed E-state index contributed by atoms with van der Waals surface area (Å²) in [7, 11) is 0. The Balaban J connectivity index is 1.89. The third-order valence-corrected chi connectivity index (χ3v) is 7.54. The minimum atomic E-state index is -2.63. The van der Waals surface area contributed by atoms with Crippen LogP contribution < -0.4 is 0 Å².